The second kappa shape index (κ2) is 10.1. The van der Waals surface area contributed by atoms with E-state index in [1.165, 1.54) is 12.0 Å². The molecule has 0 spiro atoms. The van der Waals surface area contributed by atoms with E-state index in [0.29, 0.717) is 43.1 Å². The van der Waals surface area contributed by atoms with Gasteiger partial charge in [0, 0.05) is 25.3 Å². The maximum Gasteiger partial charge on any atom is 0.266 e. The lowest BCUT2D eigenvalue weighted by Crippen LogP contribution is -2.57. The van der Waals surface area contributed by atoms with Gasteiger partial charge in [0.1, 0.15) is 6.04 Å². The van der Waals surface area contributed by atoms with Gasteiger partial charge in [-0.1, -0.05) is 6.92 Å². The van der Waals surface area contributed by atoms with Crippen molar-refractivity contribution in [3.63, 3.8) is 0 Å². The number of hydrogen-bond donors (Lipinski definition) is 2. The van der Waals surface area contributed by atoms with Crippen molar-refractivity contribution in [3.05, 3.63) is 23.3 Å². The second-order valence-electron chi connectivity index (χ2n) is 6.37. The van der Waals surface area contributed by atoms with Crippen molar-refractivity contribution in [1.82, 2.24) is 10.4 Å². The maximum atomic E-state index is 12.8. The fraction of sp³-hybridized carbons (Fsp3) is 0.579. The molecule has 1 aliphatic heterocycles. The molecule has 1 aliphatic rings. The number of ether oxygens (including phenoxy) is 3. The first-order valence-corrected chi connectivity index (χ1v) is 9.14. The van der Waals surface area contributed by atoms with Gasteiger partial charge in [-0.25, -0.2) is 5.48 Å². The summed E-state index contributed by atoms with van der Waals surface area (Å²) in [5, 5.41) is 8.81. The Morgan fingerprint density at radius 1 is 1.26 bits per heavy atom. The zero-order valence-electron chi connectivity index (χ0n) is 16.1. The van der Waals surface area contributed by atoms with Gasteiger partial charge in [-0.3, -0.25) is 14.8 Å². The summed E-state index contributed by atoms with van der Waals surface area (Å²) >= 11 is 0. The molecule has 0 bridgehead atoms. The van der Waals surface area contributed by atoms with Crippen LogP contribution in [0.15, 0.2) is 12.1 Å². The molecular formula is C19H28N2O6. The number of likely N-dealkylation sites (tertiary alicyclic amines) is 1. The van der Waals surface area contributed by atoms with E-state index in [1.54, 1.807) is 24.7 Å². The molecule has 0 radical (unpaired) electrons. The van der Waals surface area contributed by atoms with Gasteiger partial charge in [0.15, 0.2) is 11.5 Å². The van der Waals surface area contributed by atoms with Gasteiger partial charge >= 0.3 is 0 Å². The highest BCUT2D eigenvalue weighted by Gasteiger charge is 2.38. The van der Waals surface area contributed by atoms with Gasteiger partial charge in [-0.2, -0.15) is 0 Å². The zero-order valence-corrected chi connectivity index (χ0v) is 16.1. The van der Waals surface area contributed by atoms with Gasteiger partial charge in [-0.15, -0.1) is 0 Å². The average Bonchev–Trinajstić information content (AvgIpc) is 2.65. The molecule has 8 nitrogen and oxygen atoms in total. The van der Waals surface area contributed by atoms with Crippen LogP contribution < -0.4 is 15.0 Å². The molecule has 0 aromatic heterocycles. The Morgan fingerprint density at radius 2 is 2.04 bits per heavy atom. The number of methoxy groups -OCH3 is 2. The molecule has 0 unspecified atom stereocenters. The predicted molar refractivity (Wildman–Crippen MR) is 98.3 cm³/mol. The minimum Gasteiger partial charge on any atom is -0.493 e. The van der Waals surface area contributed by atoms with Crippen LogP contribution in [0.2, 0.25) is 0 Å². The SMILES string of the molecule is CCCOCCCc1cc(C(=O)N2CC[C@@H]2C(=O)NO)cc(OC)c1OC. The van der Waals surface area contributed by atoms with Crippen LogP contribution in [0.25, 0.3) is 0 Å². The summed E-state index contributed by atoms with van der Waals surface area (Å²) in [6, 6.07) is 2.74. The van der Waals surface area contributed by atoms with Crippen molar-refractivity contribution in [2.45, 2.75) is 38.6 Å². The molecule has 2 amide bonds. The van der Waals surface area contributed by atoms with E-state index in [-0.39, 0.29) is 5.91 Å². The fourth-order valence-electron chi connectivity index (χ4n) is 3.11. The number of nitrogens with one attached hydrogen (secondary N) is 1. The number of carbonyl (C=O) groups is 2. The largest absolute Gasteiger partial charge is 0.493 e. The van der Waals surface area contributed by atoms with Crippen molar-refractivity contribution in [1.29, 1.82) is 0 Å². The van der Waals surface area contributed by atoms with Crippen molar-refractivity contribution < 1.29 is 29.0 Å². The second-order valence-corrected chi connectivity index (χ2v) is 6.37. The third kappa shape index (κ3) is 4.90. The smallest absolute Gasteiger partial charge is 0.266 e. The zero-order chi connectivity index (χ0) is 19.8. The van der Waals surface area contributed by atoms with Crippen LogP contribution in [-0.2, 0) is 16.0 Å². The highest BCUT2D eigenvalue weighted by molar-refractivity contribution is 5.99. The minimum absolute atomic E-state index is 0.278. The molecule has 0 aliphatic carbocycles. The molecule has 1 atom stereocenters. The summed E-state index contributed by atoms with van der Waals surface area (Å²) in [4.78, 5) is 25.9. The first kappa shape index (κ1) is 21.0. The van der Waals surface area contributed by atoms with Crippen molar-refractivity contribution in [2.75, 3.05) is 34.0 Å². The minimum atomic E-state index is -0.651. The summed E-state index contributed by atoms with van der Waals surface area (Å²) in [5.41, 5.74) is 2.88. The van der Waals surface area contributed by atoms with Gasteiger partial charge in [0.2, 0.25) is 0 Å². The van der Waals surface area contributed by atoms with E-state index in [2.05, 4.69) is 6.92 Å². The number of hydroxylamine groups is 1. The van der Waals surface area contributed by atoms with Crippen LogP contribution >= 0.6 is 0 Å². The first-order chi connectivity index (χ1) is 13.1. The molecule has 1 aromatic rings. The molecular weight excluding hydrogens is 352 g/mol. The Hall–Kier alpha value is -2.32. The van der Waals surface area contributed by atoms with Gasteiger partial charge < -0.3 is 19.1 Å². The molecule has 27 heavy (non-hydrogen) atoms. The summed E-state index contributed by atoms with van der Waals surface area (Å²) in [5.74, 6) is 0.206. The number of amides is 2. The van der Waals surface area contributed by atoms with Crippen LogP contribution in [-0.4, -0.2) is 61.9 Å². The fourth-order valence-corrected chi connectivity index (χ4v) is 3.11. The van der Waals surface area contributed by atoms with Crippen molar-refractivity contribution in [3.8, 4) is 11.5 Å². The van der Waals surface area contributed by atoms with Crippen molar-refractivity contribution in [2.24, 2.45) is 0 Å². The van der Waals surface area contributed by atoms with Gasteiger partial charge in [-0.05, 0) is 43.4 Å². The highest BCUT2D eigenvalue weighted by Crippen LogP contribution is 2.34. The van der Waals surface area contributed by atoms with E-state index in [4.69, 9.17) is 19.4 Å². The number of benzene rings is 1. The molecule has 2 N–H and O–H groups in total. The summed E-state index contributed by atoms with van der Waals surface area (Å²) in [6.45, 7) is 3.87. The Kier molecular flexibility index (Phi) is 7.87. The Bertz CT molecular complexity index is 664. The lowest BCUT2D eigenvalue weighted by molar-refractivity contribution is -0.137. The van der Waals surface area contributed by atoms with E-state index in [0.717, 1.165) is 25.0 Å². The van der Waals surface area contributed by atoms with Crippen LogP contribution in [0.4, 0.5) is 0 Å². The average molecular weight is 380 g/mol. The van der Waals surface area contributed by atoms with E-state index < -0.39 is 11.9 Å². The molecule has 1 heterocycles. The highest BCUT2D eigenvalue weighted by atomic mass is 16.5. The topological polar surface area (TPSA) is 97.3 Å². The molecule has 8 heteroatoms. The van der Waals surface area contributed by atoms with Crippen molar-refractivity contribution >= 4 is 11.8 Å². The van der Waals surface area contributed by atoms with Crippen LogP contribution in [0.1, 0.15) is 42.1 Å². The predicted octanol–water partition coefficient (Wildman–Crippen LogP) is 1.78. The molecule has 0 saturated carbocycles. The summed E-state index contributed by atoms with van der Waals surface area (Å²) in [7, 11) is 3.08. The number of nitrogens with zero attached hydrogens (tertiary/aromatic N) is 1. The third-order valence-corrected chi connectivity index (χ3v) is 4.58. The van der Waals surface area contributed by atoms with Crippen LogP contribution in [0.3, 0.4) is 0 Å². The molecule has 2 rings (SSSR count). The number of hydrogen-bond acceptors (Lipinski definition) is 6. The normalized spacial score (nSPS) is 15.9. The van der Waals surface area contributed by atoms with Crippen LogP contribution in [0, 0.1) is 0 Å². The first-order valence-electron chi connectivity index (χ1n) is 9.14. The van der Waals surface area contributed by atoms with Crippen LogP contribution in [0.5, 0.6) is 11.5 Å². The summed E-state index contributed by atoms with van der Waals surface area (Å²) < 4.78 is 16.4. The standard InChI is InChI=1S/C19H28N2O6/c1-4-9-27-10-5-6-13-11-14(12-16(25-2)17(13)26-3)19(23)21-8-7-15(21)18(22)20-24/h11-12,15,24H,4-10H2,1-3H3,(H,20,22)/t15-/m1/s1. The Morgan fingerprint density at radius 3 is 2.59 bits per heavy atom. The Balaban J connectivity index is 2.19. The van der Waals surface area contributed by atoms with Gasteiger partial charge in [0.25, 0.3) is 11.8 Å². The maximum absolute atomic E-state index is 12.8. The monoisotopic (exact) mass is 380 g/mol. The lowest BCUT2D eigenvalue weighted by atomic mass is 9.98. The number of aryl methyl sites for hydroxylation is 1. The molecule has 1 fully saturated rings. The number of carbonyl (C=O) groups excluding carboxylic acids is 2. The quantitative estimate of drug-likeness (QED) is 0.365. The third-order valence-electron chi connectivity index (χ3n) is 4.58. The van der Waals surface area contributed by atoms with E-state index in [1.807, 2.05) is 0 Å². The van der Waals surface area contributed by atoms with E-state index in [9.17, 15) is 9.59 Å². The lowest BCUT2D eigenvalue weighted by Gasteiger charge is -2.39. The molecule has 1 aromatic carbocycles. The Labute approximate surface area is 159 Å². The van der Waals surface area contributed by atoms with Gasteiger partial charge in [0.05, 0.1) is 14.2 Å². The molecule has 1 saturated heterocycles. The summed E-state index contributed by atoms with van der Waals surface area (Å²) in [6.07, 6.45) is 2.95. The van der Waals surface area contributed by atoms with E-state index >= 15 is 0 Å². The molecule has 150 valence electrons. The number of rotatable bonds is 10.